The van der Waals surface area contributed by atoms with E-state index in [2.05, 4.69) is 15.8 Å². The molecule has 0 spiro atoms. The second-order valence-electron chi connectivity index (χ2n) is 6.68. The number of nitrogens with zero attached hydrogens (tertiary/aromatic N) is 1. The normalized spacial score (nSPS) is 11.4. The van der Waals surface area contributed by atoms with E-state index >= 15 is 0 Å². The summed E-state index contributed by atoms with van der Waals surface area (Å²) in [6, 6.07) is 19.0. The molecule has 0 bridgehead atoms. The lowest BCUT2D eigenvalue weighted by Gasteiger charge is -2.10. The highest BCUT2D eigenvalue weighted by atomic mass is 35.5. The number of hydrazone groups is 1. The van der Waals surface area contributed by atoms with Crippen molar-refractivity contribution in [3.05, 3.63) is 94.5 Å². The number of hydrogen-bond donors (Lipinski definition) is 2. The van der Waals surface area contributed by atoms with E-state index in [9.17, 15) is 18.0 Å². The minimum Gasteiger partial charge on any atom is -0.488 e. The fourth-order valence-electron chi connectivity index (χ4n) is 2.71. The molecular formula is C23H19ClF3N3O2. The van der Waals surface area contributed by atoms with Crippen molar-refractivity contribution in [1.82, 2.24) is 5.43 Å². The standard InChI is InChI=1S/C23H19ClF3N3O2/c24-19-8-3-5-16(11-19)15-32-21-10-2-1-6-17(21)13-29-30-22(31)14-28-20-9-4-7-18(12-20)23(25,26)27/h1-13,28H,14-15H2,(H,30,31)/b29-13-. The monoisotopic (exact) mass is 461 g/mol. The zero-order chi connectivity index (χ0) is 23.0. The van der Waals surface area contributed by atoms with Crippen molar-refractivity contribution in [1.29, 1.82) is 0 Å². The molecule has 0 atom stereocenters. The Kier molecular flexibility index (Phi) is 7.72. The highest BCUT2D eigenvalue weighted by molar-refractivity contribution is 6.30. The molecule has 0 aliphatic heterocycles. The number of halogens is 4. The molecule has 0 aromatic heterocycles. The maximum atomic E-state index is 12.8. The van der Waals surface area contributed by atoms with Crippen molar-refractivity contribution in [2.24, 2.45) is 5.10 Å². The van der Waals surface area contributed by atoms with Crippen LogP contribution >= 0.6 is 11.6 Å². The average molecular weight is 462 g/mol. The van der Waals surface area contributed by atoms with E-state index in [-0.39, 0.29) is 12.2 Å². The van der Waals surface area contributed by atoms with Gasteiger partial charge in [-0.15, -0.1) is 0 Å². The summed E-state index contributed by atoms with van der Waals surface area (Å²) >= 11 is 5.98. The average Bonchev–Trinajstić information content (AvgIpc) is 2.77. The Balaban J connectivity index is 1.53. The van der Waals surface area contributed by atoms with E-state index in [1.54, 1.807) is 30.3 Å². The summed E-state index contributed by atoms with van der Waals surface area (Å²) in [5, 5.41) is 7.15. The number of hydrogen-bond acceptors (Lipinski definition) is 4. The second-order valence-corrected chi connectivity index (χ2v) is 7.12. The lowest BCUT2D eigenvalue weighted by atomic mass is 10.2. The Labute approximate surface area is 187 Å². The van der Waals surface area contributed by atoms with Crippen LogP contribution in [-0.2, 0) is 17.6 Å². The van der Waals surface area contributed by atoms with Crippen LogP contribution in [0.25, 0.3) is 0 Å². The Morgan fingerprint density at radius 1 is 1.03 bits per heavy atom. The van der Waals surface area contributed by atoms with E-state index in [0.29, 0.717) is 22.9 Å². The molecule has 3 aromatic rings. The largest absolute Gasteiger partial charge is 0.488 e. The smallest absolute Gasteiger partial charge is 0.416 e. The van der Waals surface area contributed by atoms with Gasteiger partial charge in [-0.3, -0.25) is 4.79 Å². The quantitative estimate of drug-likeness (QED) is 0.344. The molecule has 0 fully saturated rings. The van der Waals surface area contributed by atoms with Crippen LogP contribution in [0.15, 0.2) is 77.9 Å². The maximum absolute atomic E-state index is 12.8. The molecule has 0 aliphatic carbocycles. The van der Waals surface area contributed by atoms with Crippen molar-refractivity contribution >= 4 is 29.4 Å². The number of carbonyl (C=O) groups is 1. The van der Waals surface area contributed by atoms with Gasteiger partial charge in [0.2, 0.25) is 0 Å². The molecule has 166 valence electrons. The predicted molar refractivity (Wildman–Crippen MR) is 118 cm³/mol. The molecule has 9 heteroatoms. The number of alkyl halides is 3. The maximum Gasteiger partial charge on any atom is 0.416 e. The van der Waals surface area contributed by atoms with Crippen molar-refractivity contribution in [2.45, 2.75) is 12.8 Å². The van der Waals surface area contributed by atoms with Gasteiger partial charge in [0.25, 0.3) is 5.91 Å². The summed E-state index contributed by atoms with van der Waals surface area (Å²) in [6.07, 6.45) is -3.03. The van der Waals surface area contributed by atoms with Crippen LogP contribution in [0.1, 0.15) is 16.7 Å². The Hall–Kier alpha value is -3.52. The van der Waals surface area contributed by atoms with Crippen molar-refractivity contribution in [3.63, 3.8) is 0 Å². The third kappa shape index (κ3) is 7.02. The number of para-hydroxylation sites is 1. The summed E-state index contributed by atoms with van der Waals surface area (Å²) < 4.78 is 44.1. The van der Waals surface area contributed by atoms with E-state index in [0.717, 1.165) is 17.7 Å². The lowest BCUT2D eigenvalue weighted by Crippen LogP contribution is -2.26. The third-order valence-corrected chi connectivity index (χ3v) is 4.47. The second kappa shape index (κ2) is 10.7. The van der Waals surface area contributed by atoms with E-state index in [1.165, 1.54) is 18.3 Å². The Morgan fingerprint density at radius 2 is 1.81 bits per heavy atom. The summed E-state index contributed by atoms with van der Waals surface area (Å²) in [5.74, 6) is 0.0450. The molecule has 5 nitrogen and oxygen atoms in total. The molecule has 2 N–H and O–H groups in total. The van der Waals surface area contributed by atoms with Crippen LogP contribution in [0.3, 0.4) is 0 Å². The first-order valence-corrected chi connectivity index (χ1v) is 9.88. The molecule has 0 radical (unpaired) electrons. The van der Waals surface area contributed by atoms with Crippen molar-refractivity contribution in [3.8, 4) is 5.75 Å². The molecule has 3 rings (SSSR count). The van der Waals surface area contributed by atoms with Gasteiger partial charge in [0.15, 0.2) is 0 Å². The predicted octanol–water partition coefficient (Wildman–Crippen LogP) is 5.50. The molecule has 0 saturated heterocycles. The zero-order valence-electron chi connectivity index (χ0n) is 16.7. The van der Waals surface area contributed by atoms with Gasteiger partial charge in [-0.05, 0) is 48.0 Å². The molecule has 32 heavy (non-hydrogen) atoms. The van der Waals surface area contributed by atoms with Crippen molar-refractivity contribution in [2.75, 3.05) is 11.9 Å². The SMILES string of the molecule is O=C(CNc1cccc(C(F)(F)F)c1)N/N=C\c1ccccc1OCc1cccc(Cl)c1. The van der Waals surface area contributed by atoms with Gasteiger partial charge in [-0.2, -0.15) is 18.3 Å². The lowest BCUT2D eigenvalue weighted by molar-refractivity contribution is -0.137. The third-order valence-electron chi connectivity index (χ3n) is 4.24. The molecule has 1 amide bonds. The number of amides is 1. The molecule has 0 unspecified atom stereocenters. The van der Waals surface area contributed by atoms with Gasteiger partial charge in [-0.1, -0.05) is 41.9 Å². The molecule has 0 aliphatic rings. The first kappa shape index (κ1) is 23.1. The summed E-state index contributed by atoms with van der Waals surface area (Å²) in [6.45, 7) is 0.0598. The minimum atomic E-state index is -4.45. The fraction of sp³-hybridized carbons (Fsp3) is 0.130. The Bertz CT molecular complexity index is 1100. The van der Waals surface area contributed by atoms with Crippen molar-refractivity contribution < 1.29 is 22.7 Å². The van der Waals surface area contributed by atoms with Crippen LogP contribution in [0.5, 0.6) is 5.75 Å². The van der Waals surface area contributed by atoms with Crippen LogP contribution in [0.2, 0.25) is 5.02 Å². The van der Waals surface area contributed by atoms with Crippen LogP contribution < -0.4 is 15.5 Å². The Morgan fingerprint density at radius 3 is 2.59 bits per heavy atom. The van der Waals surface area contributed by atoms with Crippen LogP contribution in [0, 0.1) is 0 Å². The highest BCUT2D eigenvalue weighted by Gasteiger charge is 2.30. The van der Waals surface area contributed by atoms with E-state index < -0.39 is 17.6 Å². The summed E-state index contributed by atoms with van der Waals surface area (Å²) in [4.78, 5) is 12.0. The molecule has 0 heterocycles. The molecular weight excluding hydrogens is 443 g/mol. The fourth-order valence-corrected chi connectivity index (χ4v) is 2.92. The molecule has 0 saturated carbocycles. The van der Waals surface area contributed by atoms with Gasteiger partial charge in [-0.25, -0.2) is 5.43 Å². The zero-order valence-corrected chi connectivity index (χ0v) is 17.5. The van der Waals surface area contributed by atoms with Gasteiger partial charge >= 0.3 is 6.18 Å². The number of rotatable bonds is 8. The number of nitrogens with one attached hydrogen (secondary N) is 2. The van der Waals surface area contributed by atoms with Gasteiger partial charge < -0.3 is 10.1 Å². The first-order chi connectivity index (χ1) is 15.3. The number of anilines is 1. The van der Waals surface area contributed by atoms with Crippen LogP contribution in [-0.4, -0.2) is 18.7 Å². The number of carbonyl (C=O) groups excluding carboxylic acids is 1. The summed E-state index contributed by atoms with van der Waals surface area (Å²) in [5.41, 5.74) is 3.25. The number of benzene rings is 3. The minimum absolute atomic E-state index is 0.179. The highest BCUT2D eigenvalue weighted by Crippen LogP contribution is 2.30. The van der Waals surface area contributed by atoms with Crippen LogP contribution in [0.4, 0.5) is 18.9 Å². The van der Waals surface area contributed by atoms with E-state index in [4.69, 9.17) is 16.3 Å². The van der Waals surface area contributed by atoms with Gasteiger partial charge in [0.05, 0.1) is 18.3 Å². The topological polar surface area (TPSA) is 62.7 Å². The van der Waals surface area contributed by atoms with E-state index in [1.807, 2.05) is 18.2 Å². The number of ether oxygens (including phenoxy) is 1. The van der Waals surface area contributed by atoms with Gasteiger partial charge in [0, 0.05) is 16.3 Å². The summed E-state index contributed by atoms with van der Waals surface area (Å²) in [7, 11) is 0. The molecule has 3 aromatic carbocycles. The van der Waals surface area contributed by atoms with Gasteiger partial charge in [0.1, 0.15) is 12.4 Å². The first-order valence-electron chi connectivity index (χ1n) is 9.50.